The smallest absolute Gasteiger partial charge is 0.0908 e. The fraction of sp³-hybridized carbons (Fsp3) is 0.417. The first-order valence-electron chi connectivity index (χ1n) is 4.72. The molecule has 0 radical (unpaired) electrons. The normalized spacial score (nSPS) is 10.7. The second kappa shape index (κ2) is 10.7. The van der Waals surface area contributed by atoms with Gasteiger partial charge in [-0.25, -0.2) is 0 Å². The third-order valence-electron chi connectivity index (χ3n) is 1.65. The molecule has 70 valence electrons. The summed E-state index contributed by atoms with van der Waals surface area (Å²) in [6, 6.07) is 1.98. The summed E-state index contributed by atoms with van der Waals surface area (Å²) >= 11 is 0. The summed E-state index contributed by atoms with van der Waals surface area (Å²) in [6.45, 7) is 3.64. The van der Waals surface area contributed by atoms with Gasteiger partial charge in [-0.05, 0) is 32.1 Å². The highest BCUT2D eigenvalue weighted by Gasteiger charge is 1.82. The summed E-state index contributed by atoms with van der Waals surface area (Å²) < 4.78 is 0. The van der Waals surface area contributed by atoms with Gasteiger partial charge in [0.15, 0.2) is 0 Å². The largest absolute Gasteiger partial charge is 0.193 e. The van der Waals surface area contributed by atoms with Crippen molar-refractivity contribution >= 4 is 0 Å². The van der Waals surface area contributed by atoms with Gasteiger partial charge in [-0.3, -0.25) is 0 Å². The molecule has 1 heteroatoms. The zero-order valence-corrected chi connectivity index (χ0v) is 8.08. The quantitative estimate of drug-likeness (QED) is 0.328. The van der Waals surface area contributed by atoms with Gasteiger partial charge in [-0.2, -0.15) is 5.26 Å². The Morgan fingerprint density at radius 3 is 2.38 bits per heavy atom. The monoisotopic (exact) mass is 175 g/mol. The number of nitriles is 1. The molecule has 0 spiro atoms. The summed E-state index contributed by atoms with van der Waals surface area (Å²) in [6.07, 6.45) is 15.2. The average molecular weight is 175 g/mol. The van der Waals surface area contributed by atoms with Crippen molar-refractivity contribution in [2.45, 2.75) is 32.1 Å². The molecule has 0 atom stereocenters. The number of rotatable bonds is 7. The van der Waals surface area contributed by atoms with E-state index in [-0.39, 0.29) is 0 Å². The van der Waals surface area contributed by atoms with Gasteiger partial charge in [0.2, 0.25) is 0 Å². The Balaban J connectivity index is 3.13. The molecule has 0 saturated carbocycles. The summed E-state index contributed by atoms with van der Waals surface area (Å²) in [7, 11) is 0. The minimum Gasteiger partial charge on any atom is -0.193 e. The number of hydrogen-bond acceptors (Lipinski definition) is 1. The van der Waals surface area contributed by atoms with E-state index in [0.29, 0.717) is 0 Å². The Morgan fingerprint density at radius 2 is 1.77 bits per heavy atom. The van der Waals surface area contributed by atoms with Crippen LogP contribution in [0.5, 0.6) is 0 Å². The second-order valence-electron chi connectivity index (χ2n) is 2.81. The van der Waals surface area contributed by atoms with E-state index in [4.69, 9.17) is 5.26 Å². The number of allylic oxidation sites excluding steroid dienone is 5. The van der Waals surface area contributed by atoms with Crippen molar-refractivity contribution in [3.63, 3.8) is 0 Å². The Kier molecular flexibility index (Phi) is 9.65. The van der Waals surface area contributed by atoms with Gasteiger partial charge in [0, 0.05) is 6.08 Å². The standard InChI is InChI=1S/C12H17N/c1-2-3-4-5-6-7-8-9-10-11-12-13/h2,4-5,10-11H,1,3,6-9H2/b5-4+,11-10+. The molecule has 0 fully saturated rings. The zero-order valence-electron chi connectivity index (χ0n) is 8.08. The summed E-state index contributed by atoms with van der Waals surface area (Å²) in [5.41, 5.74) is 0. The van der Waals surface area contributed by atoms with Gasteiger partial charge in [0.25, 0.3) is 0 Å². The van der Waals surface area contributed by atoms with Crippen molar-refractivity contribution in [1.82, 2.24) is 0 Å². The highest BCUT2D eigenvalue weighted by Crippen LogP contribution is 2.01. The van der Waals surface area contributed by atoms with E-state index in [9.17, 15) is 0 Å². The third kappa shape index (κ3) is 10.7. The lowest BCUT2D eigenvalue weighted by Gasteiger charge is -1.91. The lowest BCUT2D eigenvalue weighted by Crippen LogP contribution is -1.72. The van der Waals surface area contributed by atoms with Gasteiger partial charge in [-0.15, -0.1) is 6.58 Å². The molecule has 0 amide bonds. The molecule has 13 heavy (non-hydrogen) atoms. The molecule has 0 aromatic carbocycles. The maximum absolute atomic E-state index is 8.21. The fourth-order valence-corrected chi connectivity index (χ4v) is 0.971. The van der Waals surface area contributed by atoms with Crippen LogP contribution in [0.4, 0.5) is 0 Å². The predicted molar refractivity (Wildman–Crippen MR) is 57.2 cm³/mol. The predicted octanol–water partition coefficient (Wildman–Crippen LogP) is 3.76. The minimum absolute atomic E-state index is 0.967. The molecule has 0 aliphatic rings. The highest BCUT2D eigenvalue weighted by atomic mass is 14.2. The topological polar surface area (TPSA) is 23.8 Å². The lowest BCUT2D eigenvalue weighted by molar-refractivity contribution is 0.761. The first kappa shape index (κ1) is 11.7. The molecule has 0 bridgehead atoms. The maximum Gasteiger partial charge on any atom is 0.0908 e. The molecule has 1 nitrogen and oxygen atoms in total. The van der Waals surface area contributed by atoms with Crippen LogP contribution in [0.3, 0.4) is 0 Å². The molecule has 0 saturated heterocycles. The van der Waals surface area contributed by atoms with E-state index >= 15 is 0 Å². The molecule has 0 heterocycles. The third-order valence-corrected chi connectivity index (χ3v) is 1.65. The first-order chi connectivity index (χ1) is 6.41. The van der Waals surface area contributed by atoms with Crippen LogP contribution in [0.15, 0.2) is 37.0 Å². The molecule has 0 aromatic rings. The number of hydrogen-bond donors (Lipinski definition) is 0. The van der Waals surface area contributed by atoms with Crippen LogP contribution < -0.4 is 0 Å². The van der Waals surface area contributed by atoms with E-state index in [1.807, 2.05) is 18.2 Å². The van der Waals surface area contributed by atoms with Crippen molar-refractivity contribution in [1.29, 1.82) is 5.26 Å². The molecular formula is C12H17N. The van der Waals surface area contributed by atoms with Crippen LogP contribution in [0, 0.1) is 11.3 Å². The number of unbranched alkanes of at least 4 members (excludes halogenated alkanes) is 3. The summed E-state index contributed by atoms with van der Waals surface area (Å²) in [4.78, 5) is 0. The van der Waals surface area contributed by atoms with E-state index in [1.165, 1.54) is 6.42 Å². The van der Waals surface area contributed by atoms with E-state index in [2.05, 4.69) is 18.7 Å². The molecular weight excluding hydrogens is 158 g/mol. The molecule has 0 rings (SSSR count). The van der Waals surface area contributed by atoms with E-state index in [1.54, 1.807) is 6.08 Å². The Morgan fingerprint density at radius 1 is 1.08 bits per heavy atom. The maximum atomic E-state index is 8.21. The first-order valence-corrected chi connectivity index (χ1v) is 4.72. The van der Waals surface area contributed by atoms with Gasteiger partial charge in [-0.1, -0.05) is 24.3 Å². The average Bonchev–Trinajstić information content (AvgIpc) is 2.16. The zero-order chi connectivity index (χ0) is 9.78. The van der Waals surface area contributed by atoms with E-state index < -0.39 is 0 Å². The molecule has 0 N–H and O–H groups in total. The van der Waals surface area contributed by atoms with Gasteiger partial charge >= 0.3 is 0 Å². The SMILES string of the molecule is C=CC/C=C/CCCC/C=C/C#N. The molecule has 0 aromatic heterocycles. The molecule has 0 aliphatic carbocycles. The summed E-state index contributed by atoms with van der Waals surface area (Å²) in [5.74, 6) is 0. The Hall–Kier alpha value is -1.29. The van der Waals surface area contributed by atoms with Gasteiger partial charge < -0.3 is 0 Å². The molecule has 0 aliphatic heterocycles. The van der Waals surface area contributed by atoms with Crippen LogP contribution in [0.1, 0.15) is 32.1 Å². The number of nitrogens with zero attached hydrogens (tertiary/aromatic N) is 1. The molecule has 0 unspecified atom stereocenters. The van der Waals surface area contributed by atoms with Crippen molar-refractivity contribution in [2.75, 3.05) is 0 Å². The van der Waals surface area contributed by atoms with Gasteiger partial charge in [0.1, 0.15) is 0 Å². The Bertz CT molecular complexity index is 206. The van der Waals surface area contributed by atoms with Crippen LogP contribution in [0.25, 0.3) is 0 Å². The van der Waals surface area contributed by atoms with Crippen LogP contribution in [-0.2, 0) is 0 Å². The minimum atomic E-state index is 0.967. The fourth-order valence-electron chi connectivity index (χ4n) is 0.971. The van der Waals surface area contributed by atoms with Crippen LogP contribution in [0.2, 0.25) is 0 Å². The summed E-state index contributed by atoms with van der Waals surface area (Å²) in [5, 5.41) is 8.21. The second-order valence-corrected chi connectivity index (χ2v) is 2.81. The van der Waals surface area contributed by atoms with E-state index in [0.717, 1.165) is 25.7 Å². The highest BCUT2D eigenvalue weighted by molar-refractivity contribution is 5.01. The van der Waals surface area contributed by atoms with Crippen molar-refractivity contribution < 1.29 is 0 Å². The van der Waals surface area contributed by atoms with Gasteiger partial charge in [0.05, 0.1) is 6.07 Å². The van der Waals surface area contributed by atoms with Crippen molar-refractivity contribution in [2.24, 2.45) is 0 Å². The van der Waals surface area contributed by atoms with Crippen molar-refractivity contribution in [3.8, 4) is 6.07 Å². The lowest BCUT2D eigenvalue weighted by atomic mass is 10.2. The Labute approximate surface area is 81.1 Å². The van der Waals surface area contributed by atoms with Crippen LogP contribution in [-0.4, -0.2) is 0 Å². The van der Waals surface area contributed by atoms with Crippen LogP contribution >= 0.6 is 0 Å². The van der Waals surface area contributed by atoms with Crippen molar-refractivity contribution in [3.05, 3.63) is 37.0 Å².